The van der Waals surface area contributed by atoms with E-state index >= 15 is 0 Å². The van der Waals surface area contributed by atoms with Crippen LogP contribution in [0.25, 0.3) is 11.1 Å². The van der Waals surface area contributed by atoms with Crippen molar-refractivity contribution in [3.63, 3.8) is 0 Å². The van der Waals surface area contributed by atoms with Gasteiger partial charge in [0.2, 0.25) is 0 Å². The van der Waals surface area contributed by atoms with E-state index in [0.29, 0.717) is 16.6 Å². The first-order valence-corrected chi connectivity index (χ1v) is 8.20. The van der Waals surface area contributed by atoms with E-state index in [2.05, 4.69) is 10.9 Å². The molecule has 0 amide bonds. The summed E-state index contributed by atoms with van der Waals surface area (Å²) in [6, 6.07) is 20.6. The fourth-order valence-electron chi connectivity index (χ4n) is 2.38. The smallest absolute Gasteiger partial charge is 0.120 e. The third kappa shape index (κ3) is 4.20. The van der Waals surface area contributed by atoms with E-state index in [1.165, 1.54) is 0 Å². The molecule has 3 nitrogen and oxygen atoms in total. The molecule has 0 atom stereocenters. The summed E-state index contributed by atoms with van der Waals surface area (Å²) in [6.07, 6.45) is 0. The van der Waals surface area contributed by atoms with Gasteiger partial charge in [-0.1, -0.05) is 53.5 Å². The lowest BCUT2D eigenvalue weighted by Gasteiger charge is -2.11. The summed E-state index contributed by atoms with van der Waals surface area (Å²) in [6.45, 7) is 0.483. The molecule has 0 aliphatic heterocycles. The van der Waals surface area contributed by atoms with E-state index in [0.717, 1.165) is 22.4 Å². The molecule has 3 aromatic rings. The maximum Gasteiger partial charge on any atom is 0.120 e. The van der Waals surface area contributed by atoms with Crippen LogP contribution in [-0.4, -0.2) is 5.11 Å². The van der Waals surface area contributed by atoms with E-state index in [9.17, 15) is 5.11 Å². The molecule has 0 saturated carbocycles. The maximum absolute atomic E-state index is 10.3. The normalized spacial score (nSPS) is 10.6. The number of hydrogen-bond acceptors (Lipinski definition) is 3. The van der Waals surface area contributed by atoms with Gasteiger partial charge in [0.15, 0.2) is 0 Å². The number of para-hydroxylation sites is 1. The van der Waals surface area contributed by atoms with Crippen LogP contribution in [0.1, 0.15) is 5.56 Å². The van der Waals surface area contributed by atoms with Gasteiger partial charge in [0.1, 0.15) is 5.75 Å². The molecule has 5 heteroatoms. The Balaban J connectivity index is 1.70. The van der Waals surface area contributed by atoms with Crippen LogP contribution >= 0.6 is 23.2 Å². The number of phenols is 1. The van der Waals surface area contributed by atoms with E-state index < -0.39 is 0 Å². The fourth-order valence-corrected chi connectivity index (χ4v) is 2.90. The van der Waals surface area contributed by atoms with Gasteiger partial charge in [-0.05, 0) is 47.5 Å². The largest absolute Gasteiger partial charge is 0.508 e. The van der Waals surface area contributed by atoms with Gasteiger partial charge in [0, 0.05) is 27.8 Å². The van der Waals surface area contributed by atoms with Crippen LogP contribution in [0.4, 0.5) is 5.69 Å². The third-order valence-corrected chi connectivity index (χ3v) is 4.00. The summed E-state index contributed by atoms with van der Waals surface area (Å²) in [5.74, 6) is 0.214. The Morgan fingerprint density at radius 1 is 0.792 bits per heavy atom. The highest BCUT2D eigenvalue weighted by Crippen LogP contribution is 2.30. The second-order valence-corrected chi connectivity index (χ2v) is 6.22. The van der Waals surface area contributed by atoms with Gasteiger partial charge < -0.3 is 10.5 Å². The van der Waals surface area contributed by atoms with Gasteiger partial charge in [-0.3, -0.25) is 0 Å². The number of nitrogens with one attached hydrogen (secondary N) is 2. The van der Waals surface area contributed by atoms with Crippen LogP contribution in [0, 0.1) is 0 Å². The number of halogens is 2. The average molecular weight is 359 g/mol. The van der Waals surface area contributed by atoms with Crippen molar-refractivity contribution in [2.45, 2.75) is 6.54 Å². The van der Waals surface area contributed by atoms with Crippen molar-refractivity contribution in [3.05, 3.63) is 82.3 Å². The molecule has 0 saturated heterocycles. The lowest BCUT2D eigenvalue weighted by molar-refractivity contribution is 0.466. The van der Waals surface area contributed by atoms with Crippen molar-refractivity contribution in [2.24, 2.45) is 0 Å². The molecule has 24 heavy (non-hydrogen) atoms. The molecule has 0 fully saturated rings. The van der Waals surface area contributed by atoms with Crippen molar-refractivity contribution in [2.75, 3.05) is 5.43 Å². The standard InChI is InChI=1S/C19H16Cl2N2O/c20-16-8-15(9-17(21)11-16)13-6-7-14(19(24)10-13)12-22-23-18-4-2-1-3-5-18/h1-11,22-24H,12H2. The summed E-state index contributed by atoms with van der Waals surface area (Å²) in [5.41, 5.74) is 9.64. The second-order valence-electron chi connectivity index (χ2n) is 5.35. The van der Waals surface area contributed by atoms with Gasteiger partial charge in [-0.25, -0.2) is 5.43 Å². The van der Waals surface area contributed by atoms with Crippen LogP contribution in [0.2, 0.25) is 10.0 Å². The predicted molar refractivity (Wildman–Crippen MR) is 100 cm³/mol. The lowest BCUT2D eigenvalue weighted by Crippen LogP contribution is -2.20. The second kappa shape index (κ2) is 7.58. The zero-order valence-corrected chi connectivity index (χ0v) is 14.3. The minimum Gasteiger partial charge on any atom is -0.508 e. The summed E-state index contributed by atoms with van der Waals surface area (Å²) >= 11 is 12.1. The maximum atomic E-state index is 10.3. The lowest BCUT2D eigenvalue weighted by atomic mass is 10.0. The Morgan fingerprint density at radius 3 is 2.17 bits per heavy atom. The average Bonchev–Trinajstić information content (AvgIpc) is 2.56. The third-order valence-electron chi connectivity index (χ3n) is 3.57. The predicted octanol–water partition coefficient (Wildman–Crippen LogP) is 5.48. The monoisotopic (exact) mass is 358 g/mol. The van der Waals surface area contributed by atoms with Crippen molar-refractivity contribution < 1.29 is 5.11 Å². The minimum atomic E-state index is 0.214. The molecule has 0 aliphatic rings. The number of aromatic hydroxyl groups is 1. The topological polar surface area (TPSA) is 44.3 Å². The van der Waals surface area contributed by atoms with E-state index in [1.807, 2.05) is 54.6 Å². The quantitative estimate of drug-likeness (QED) is 0.529. The van der Waals surface area contributed by atoms with E-state index in [1.54, 1.807) is 12.1 Å². The first-order valence-electron chi connectivity index (χ1n) is 7.44. The molecule has 0 spiro atoms. The SMILES string of the molecule is Oc1cc(-c2cc(Cl)cc(Cl)c2)ccc1CNNc1ccccc1. The summed E-state index contributed by atoms with van der Waals surface area (Å²) < 4.78 is 0. The molecule has 0 unspecified atom stereocenters. The Labute approximate surface area is 150 Å². The van der Waals surface area contributed by atoms with Gasteiger partial charge in [-0.15, -0.1) is 0 Å². The first kappa shape index (κ1) is 16.7. The molecule has 0 bridgehead atoms. The molecule has 0 aromatic heterocycles. The van der Waals surface area contributed by atoms with Crippen LogP contribution in [0.15, 0.2) is 66.7 Å². The van der Waals surface area contributed by atoms with Crippen LogP contribution in [0.5, 0.6) is 5.75 Å². The molecule has 122 valence electrons. The van der Waals surface area contributed by atoms with Crippen molar-refractivity contribution in [3.8, 4) is 16.9 Å². The Morgan fingerprint density at radius 2 is 1.50 bits per heavy atom. The van der Waals surface area contributed by atoms with Gasteiger partial charge >= 0.3 is 0 Å². The van der Waals surface area contributed by atoms with Gasteiger partial charge in [-0.2, -0.15) is 0 Å². The molecule has 3 N–H and O–H groups in total. The highest BCUT2D eigenvalue weighted by Gasteiger charge is 2.06. The Hall–Kier alpha value is -2.20. The van der Waals surface area contributed by atoms with Gasteiger partial charge in [0.25, 0.3) is 0 Å². The number of hydrazine groups is 1. The molecule has 0 radical (unpaired) electrons. The number of phenolic OH excluding ortho intramolecular Hbond substituents is 1. The van der Waals surface area contributed by atoms with E-state index in [4.69, 9.17) is 23.2 Å². The highest BCUT2D eigenvalue weighted by atomic mass is 35.5. The van der Waals surface area contributed by atoms with Crippen molar-refractivity contribution in [1.29, 1.82) is 0 Å². The summed E-state index contributed by atoms with van der Waals surface area (Å²) in [4.78, 5) is 0. The molecule has 0 aliphatic carbocycles. The van der Waals surface area contributed by atoms with Crippen molar-refractivity contribution in [1.82, 2.24) is 5.43 Å². The highest BCUT2D eigenvalue weighted by molar-refractivity contribution is 6.35. The van der Waals surface area contributed by atoms with Crippen molar-refractivity contribution >= 4 is 28.9 Å². The van der Waals surface area contributed by atoms with Crippen LogP contribution < -0.4 is 10.9 Å². The van der Waals surface area contributed by atoms with E-state index in [-0.39, 0.29) is 5.75 Å². The summed E-state index contributed by atoms with van der Waals surface area (Å²) in [5, 5.41) is 11.4. The zero-order valence-electron chi connectivity index (χ0n) is 12.8. The van der Waals surface area contributed by atoms with Gasteiger partial charge in [0.05, 0.1) is 0 Å². The van der Waals surface area contributed by atoms with Crippen LogP contribution in [0.3, 0.4) is 0 Å². The first-order chi connectivity index (χ1) is 11.6. The molecule has 0 heterocycles. The number of anilines is 1. The summed E-state index contributed by atoms with van der Waals surface area (Å²) in [7, 11) is 0. The molecular weight excluding hydrogens is 343 g/mol. The van der Waals surface area contributed by atoms with Crippen LogP contribution in [-0.2, 0) is 6.54 Å². The Kier molecular flexibility index (Phi) is 5.26. The molecule has 3 aromatic carbocycles. The zero-order chi connectivity index (χ0) is 16.9. The number of hydrogen-bond donors (Lipinski definition) is 3. The molecular formula is C19H16Cl2N2O. The fraction of sp³-hybridized carbons (Fsp3) is 0.0526. The Bertz CT molecular complexity index is 818. The minimum absolute atomic E-state index is 0.214. The molecule has 3 rings (SSSR count). The number of benzene rings is 3. The number of rotatable bonds is 5.